The smallest absolute Gasteiger partial charge is 0.161 e. The molecule has 0 radical (unpaired) electrons. The Kier molecular flexibility index (Phi) is 4.30. The minimum atomic E-state index is 0.0213. The van der Waals surface area contributed by atoms with Gasteiger partial charge < -0.3 is 24.6 Å². The molecule has 0 amide bonds. The SMILES string of the molecule is COc1cc(C2NCCc3cc(OC)c(OC)cc32)ccc1O. The molecule has 0 fully saturated rings. The third kappa shape index (κ3) is 2.80. The van der Waals surface area contributed by atoms with Crippen molar-refractivity contribution in [2.45, 2.75) is 12.5 Å². The number of rotatable bonds is 4. The van der Waals surface area contributed by atoms with Gasteiger partial charge in [0.1, 0.15) is 0 Å². The van der Waals surface area contributed by atoms with Crippen LogP contribution in [0.4, 0.5) is 0 Å². The molecule has 0 saturated heterocycles. The van der Waals surface area contributed by atoms with E-state index in [4.69, 9.17) is 14.2 Å². The lowest BCUT2D eigenvalue weighted by molar-refractivity contribution is 0.352. The van der Waals surface area contributed by atoms with Gasteiger partial charge in [0.2, 0.25) is 0 Å². The normalized spacial score (nSPS) is 16.6. The molecule has 0 spiro atoms. The second kappa shape index (κ2) is 6.38. The molecular formula is C18H21NO4. The van der Waals surface area contributed by atoms with Crippen molar-refractivity contribution in [3.05, 3.63) is 47.0 Å². The molecule has 2 aromatic rings. The van der Waals surface area contributed by atoms with E-state index in [-0.39, 0.29) is 11.8 Å². The molecule has 5 nitrogen and oxygen atoms in total. The van der Waals surface area contributed by atoms with E-state index < -0.39 is 0 Å². The Labute approximate surface area is 135 Å². The van der Waals surface area contributed by atoms with Crippen LogP contribution >= 0.6 is 0 Å². The van der Waals surface area contributed by atoms with Gasteiger partial charge in [-0.05, 0) is 47.4 Å². The number of hydrogen-bond donors (Lipinski definition) is 2. The maximum absolute atomic E-state index is 9.80. The fraction of sp³-hybridized carbons (Fsp3) is 0.333. The quantitative estimate of drug-likeness (QED) is 0.908. The first-order valence-electron chi connectivity index (χ1n) is 7.53. The Hall–Kier alpha value is -2.40. The van der Waals surface area contributed by atoms with Gasteiger partial charge in [-0.3, -0.25) is 0 Å². The van der Waals surface area contributed by atoms with E-state index >= 15 is 0 Å². The highest BCUT2D eigenvalue weighted by Crippen LogP contribution is 2.39. The third-order valence-electron chi connectivity index (χ3n) is 4.24. The lowest BCUT2D eigenvalue weighted by Crippen LogP contribution is -2.30. The molecule has 1 unspecified atom stereocenters. The van der Waals surface area contributed by atoms with Gasteiger partial charge in [-0.2, -0.15) is 0 Å². The number of fused-ring (bicyclic) bond motifs is 1. The number of aromatic hydroxyl groups is 1. The van der Waals surface area contributed by atoms with Gasteiger partial charge in [-0.1, -0.05) is 6.07 Å². The summed E-state index contributed by atoms with van der Waals surface area (Å²) in [6.07, 6.45) is 0.932. The average molecular weight is 315 g/mol. The van der Waals surface area contributed by atoms with Crippen molar-refractivity contribution >= 4 is 0 Å². The minimum absolute atomic E-state index is 0.0213. The van der Waals surface area contributed by atoms with Crippen LogP contribution in [0.15, 0.2) is 30.3 Å². The van der Waals surface area contributed by atoms with E-state index in [1.54, 1.807) is 27.4 Å². The molecule has 5 heteroatoms. The molecule has 0 aliphatic carbocycles. The summed E-state index contributed by atoms with van der Waals surface area (Å²) < 4.78 is 16.1. The first kappa shape index (κ1) is 15.5. The topological polar surface area (TPSA) is 60.0 Å². The fourth-order valence-electron chi connectivity index (χ4n) is 3.05. The molecular weight excluding hydrogens is 294 g/mol. The Balaban J connectivity index is 2.07. The number of phenols is 1. The molecule has 1 aliphatic rings. The lowest BCUT2D eigenvalue weighted by atomic mass is 9.89. The molecule has 1 heterocycles. The van der Waals surface area contributed by atoms with Gasteiger partial charge in [0.15, 0.2) is 23.0 Å². The number of hydrogen-bond acceptors (Lipinski definition) is 5. The molecule has 2 aromatic carbocycles. The molecule has 2 N–H and O–H groups in total. The van der Waals surface area contributed by atoms with Gasteiger partial charge in [0.05, 0.1) is 27.4 Å². The average Bonchev–Trinajstić information content (AvgIpc) is 2.60. The summed E-state index contributed by atoms with van der Waals surface area (Å²) in [4.78, 5) is 0. The zero-order valence-corrected chi connectivity index (χ0v) is 13.6. The molecule has 0 bridgehead atoms. The molecule has 3 rings (SSSR count). The zero-order valence-electron chi connectivity index (χ0n) is 13.6. The number of ether oxygens (including phenoxy) is 3. The predicted octanol–water partition coefficient (Wildman–Crippen LogP) is 2.65. The van der Waals surface area contributed by atoms with E-state index in [9.17, 15) is 5.11 Å². The van der Waals surface area contributed by atoms with Crippen molar-refractivity contribution in [1.29, 1.82) is 0 Å². The van der Waals surface area contributed by atoms with E-state index in [1.165, 1.54) is 5.56 Å². The number of phenolic OH excluding ortho intramolecular Hbond substituents is 1. The third-order valence-corrected chi connectivity index (χ3v) is 4.24. The van der Waals surface area contributed by atoms with Crippen LogP contribution in [-0.4, -0.2) is 33.0 Å². The summed E-state index contributed by atoms with van der Waals surface area (Å²) >= 11 is 0. The van der Waals surface area contributed by atoms with Gasteiger partial charge in [0, 0.05) is 6.54 Å². The second-order valence-electron chi connectivity index (χ2n) is 5.47. The van der Waals surface area contributed by atoms with Crippen molar-refractivity contribution in [2.75, 3.05) is 27.9 Å². The highest BCUT2D eigenvalue weighted by molar-refractivity contribution is 5.53. The number of nitrogens with one attached hydrogen (secondary N) is 1. The molecule has 23 heavy (non-hydrogen) atoms. The highest BCUT2D eigenvalue weighted by Gasteiger charge is 2.24. The molecule has 0 saturated carbocycles. The van der Waals surface area contributed by atoms with Gasteiger partial charge >= 0.3 is 0 Å². The molecule has 1 atom stereocenters. The van der Waals surface area contributed by atoms with Crippen LogP contribution in [0.1, 0.15) is 22.7 Å². The summed E-state index contributed by atoms with van der Waals surface area (Å²) in [5, 5.41) is 13.3. The van der Waals surface area contributed by atoms with Crippen molar-refractivity contribution in [1.82, 2.24) is 5.32 Å². The van der Waals surface area contributed by atoms with Crippen molar-refractivity contribution < 1.29 is 19.3 Å². The van der Waals surface area contributed by atoms with Gasteiger partial charge in [0.25, 0.3) is 0 Å². The lowest BCUT2D eigenvalue weighted by Gasteiger charge is -2.28. The standard InChI is InChI=1S/C18H21NO4/c1-21-15-9-12(4-5-14(15)20)18-13-10-17(23-3)16(22-2)8-11(13)6-7-19-18/h4-5,8-10,18-20H,6-7H2,1-3H3. The second-order valence-corrected chi connectivity index (χ2v) is 5.47. The fourth-order valence-corrected chi connectivity index (χ4v) is 3.05. The Morgan fingerprint density at radius 1 is 0.957 bits per heavy atom. The summed E-state index contributed by atoms with van der Waals surface area (Å²) in [5.74, 6) is 2.07. The number of methoxy groups -OCH3 is 3. The van der Waals surface area contributed by atoms with Crippen LogP contribution in [0, 0.1) is 0 Å². The predicted molar refractivity (Wildman–Crippen MR) is 87.8 cm³/mol. The van der Waals surface area contributed by atoms with E-state index in [1.807, 2.05) is 24.3 Å². The van der Waals surface area contributed by atoms with Crippen molar-refractivity contribution in [3.8, 4) is 23.0 Å². The van der Waals surface area contributed by atoms with Crippen molar-refractivity contribution in [2.24, 2.45) is 0 Å². The van der Waals surface area contributed by atoms with E-state index in [0.717, 1.165) is 29.8 Å². The van der Waals surface area contributed by atoms with Crippen LogP contribution < -0.4 is 19.5 Å². The summed E-state index contributed by atoms with van der Waals surface area (Å²) in [7, 11) is 4.84. The van der Waals surface area contributed by atoms with Crippen LogP contribution in [-0.2, 0) is 6.42 Å². The maximum Gasteiger partial charge on any atom is 0.161 e. The van der Waals surface area contributed by atoms with E-state index in [2.05, 4.69) is 5.32 Å². The van der Waals surface area contributed by atoms with E-state index in [0.29, 0.717) is 11.5 Å². The Bertz CT molecular complexity index is 714. The van der Waals surface area contributed by atoms with Gasteiger partial charge in [-0.15, -0.1) is 0 Å². The monoisotopic (exact) mass is 315 g/mol. The first-order valence-corrected chi connectivity index (χ1v) is 7.53. The van der Waals surface area contributed by atoms with Gasteiger partial charge in [-0.25, -0.2) is 0 Å². The summed E-state index contributed by atoms with van der Waals surface area (Å²) in [6, 6.07) is 9.50. The highest BCUT2D eigenvalue weighted by atomic mass is 16.5. The van der Waals surface area contributed by atoms with Crippen molar-refractivity contribution in [3.63, 3.8) is 0 Å². The summed E-state index contributed by atoms with van der Waals surface area (Å²) in [6.45, 7) is 0.871. The molecule has 1 aliphatic heterocycles. The Morgan fingerprint density at radius 2 is 1.65 bits per heavy atom. The molecule has 0 aromatic heterocycles. The van der Waals surface area contributed by atoms with Crippen LogP contribution in [0.3, 0.4) is 0 Å². The summed E-state index contributed by atoms with van der Waals surface area (Å²) in [5.41, 5.74) is 3.42. The zero-order chi connectivity index (χ0) is 16.4. The Morgan fingerprint density at radius 3 is 2.35 bits per heavy atom. The van der Waals surface area contributed by atoms with Crippen LogP contribution in [0.25, 0.3) is 0 Å². The maximum atomic E-state index is 9.80. The van der Waals surface area contributed by atoms with Crippen LogP contribution in [0.5, 0.6) is 23.0 Å². The first-order chi connectivity index (χ1) is 11.2. The van der Waals surface area contributed by atoms with Crippen LogP contribution in [0.2, 0.25) is 0 Å². The molecule has 122 valence electrons. The largest absolute Gasteiger partial charge is 0.504 e. The minimum Gasteiger partial charge on any atom is -0.504 e. The number of benzene rings is 2.